The zero-order chi connectivity index (χ0) is 28.3. The minimum Gasteiger partial charge on any atom is -0.492 e. The van der Waals surface area contributed by atoms with Gasteiger partial charge in [0.15, 0.2) is 6.29 Å². The van der Waals surface area contributed by atoms with Crippen molar-refractivity contribution in [3.63, 3.8) is 0 Å². The molecule has 6 heteroatoms. The standard InChI is InChI=1S/C35H40BrNO4/c1-23-16-17-37(21-23)24(2)22-39-29-12-10-26(11-13-29)35-34(27-7-6-8-28(36)19-27)25(3)31-20-30(14-15-32(31)41-35)40-33-9-4-5-18-38-33/h6-8,10-15,19-20,23-24,33,35H,4-5,9,16-18,21-22H2,1-3H3. The maximum atomic E-state index is 6.75. The van der Waals surface area contributed by atoms with Crippen LogP contribution in [0, 0.1) is 5.92 Å². The van der Waals surface area contributed by atoms with Gasteiger partial charge in [-0.05, 0) is 105 Å². The van der Waals surface area contributed by atoms with Crippen molar-refractivity contribution >= 4 is 27.1 Å². The van der Waals surface area contributed by atoms with Crippen LogP contribution in [0.15, 0.2) is 71.2 Å². The Morgan fingerprint density at radius 2 is 1.83 bits per heavy atom. The molecule has 0 aliphatic carbocycles. The van der Waals surface area contributed by atoms with Crippen LogP contribution in [0.1, 0.15) is 69.2 Å². The normalized spacial score (nSPS) is 23.6. The van der Waals surface area contributed by atoms with E-state index in [1.165, 1.54) is 12.0 Å². The Hall–Kier alpha value is -2.80. The second kappa shape index (κ2) is 12.6. The quantitative estimate of drug-likeness (QED) is 0.253. The third kappa shape index (κ3) is 6.50. The van der Waals surface area contributed by atoms with E-state index in [1.54, 1.807) is 0 Å². The summed E-state index contributed by atoms with van der Waals surface area (Å²) in [5.41, 5.74) is 5.60. The first-order chi connectivity index (χ1) is 19.9. The molecule has 0 bridgehead atoms. The Balaban J connectivity index is 1.25. The first-order valence-electron chi connectivity index (χ1n) is 15.0. The minimum atomic E-state index is -0.246. The van der Waals surface area contributed by atoms with E-state index >= 15 is 0 Å². The van der Waals surface area contributed by atoms with Crippen LogP contribution in [-0.4, -0.2) is 43.5 Å². The number of ether oxygens (including phenoxy) is 4. The molecule has 3 aliphatic heterocycles. The Labute approximate surface area is 252 Å². The van der Waals surface area contributed by atoms with Crippen molar-refractivity contribution < 1.29 is 18.9 Å². The Kier molecular flexibility index (Phi) is 8.71. The maximum Gasteiger partial charge on any atom is 0.199 e. The number of likely N-dealkylation sites (tertiary alicyclic amines) is 1. The summed E-state index contributed by atoms with van der Waals surface area (Å²) in [4.78, 5) is 2.53. The second-order valence-corrected chi connectivity index (χ2v) is 12.7. The number of hydrogen-bond donors (Lipinski definition) is 0. The zero-order valence-electron chi connectivity index (χ0n) is 24.3. The third-order valence-corrected chi connectivity index (χ3v) is 9.05. The third-order valence-electron chi connectivity index (χ3n) is 8.56. The molecule has 3 aromatic carbocycles. The highest BCUT2D eigenvalue weighted by Gasteiger charge is 2.30. The molecule has 0 saturated carbocycles. The van der Waals surface area contributed by atoms with Crippen molar-refractivity contribution in [2.45, 2.75) is 64.9 Å². The summed E-state index contributed by atoms with van der Waals surface area (Å²) in [7, 11) is 0. The number of halogens is 1. The predicted molar refractivity (Wildman–Crippen MR) is 167 cm³/mol. The lowest BCUT2D eigenvalue weighted by Gasteiger charge is -2.32. The largest absolute Gasteiger partial charge is 0.492 e. The van der Waals surface area contributed by atoms with Crippen LogP contribution in [0.25, 0.3) is 11.1 Å². The molecule has 2 fully saturated rings. The number of rotatable bonds is 8. The summed E-state index contributed by atoms with van der Waals surface area (Å²) >= 11 is 3.67. The molecular formula is C35H40BrNO4. The van der Waals surface area contributed by atoms with Gasteiger partial charge in [-0.2, -0.15) is 0 Å². The lowest BCUT2D eigenvalue weighted by Crippen LogP contribution is -2.35. The predicted octanol–water partition coefficient (Wildman–Crippen LogP) is 8.53. The monoisotopic (exact) mass is 617 g/mol. The van der Waals surface area contributed by atoms with Gasteiger partial charge in [-0.1, -0.05) is 47.1 Å². The highest BCUT2D eigenvalue weighted by molar-refractivity contribution is 9.10. The Bertz CT molecular complexity index is 1380. The van der Waals surface area contributed by atoms with Gasteiger partial charge < -0.3 is 18.9 Å². The van der Waals surface area contributed by atoms with Gasteiger partial charge >= 0.3 is 0 Å². The fourth-order valence-corrected chi connectivity index (χ4v) is 6.55. The number of nitrogens with zero attached hydrogens (tertiary/aromatic N) is 1. The van der Waals surface area contributed by atoms with E-state index in [4.69, 9.17) is 18.9 Å². The Morgan fingerprint density at radius 3 is 2.56 bits per heavy atom. The van der Waals surface area contributed by atoms with Crippen LogP contribution in [0.3, 0.4) is 0 Å². The van der Waals surface area contributed by atoms with Crippen molar-refractivity contribution in [3.8, 4) is 17.2 Å². The molecule has 5 nitrogen and oxygen atoms in total. The lowest BCUT2D eigenvalue weighted by molar-refractivity contribution is -0.105. The second-order valence-electron chi connectivity index (χ2n) is 11.7. The van der Waals surface area contributed by atoms with Crippen LogP contribution >= 0.6 is 15.9 Å². The van der Waals surface area contributed by atoms with Crippen molar-refractivity contribution in [1.29, 1.82) is 0 Å². The molecule has 3 heterocycles. The summed E-state index contributed by atoms with van der Waals surface area (Å²) < 4.78 is 26.0. The van der Waals surface area contributed by atoms with E-state index in [0.29, 0.717) is 12.6 Å². The average Bonchev–Trinajstić information content (AvgIpc) is 3.43. The van der Waals surface area contributed by atoms with Crippen molar-refractivity contribution in [2.24, 2.45) is 5.92 Å². The molecule has 3 aliphatic rings. The average molecular weight is 619 g/mol. The number of benzene rings is 3. The number of allylic oxidation sites excluding steroid dienone is 1. The zero-order valence-corrected chi connectivity index (χ0v) is 25.9. The fourth-order valence-electron chi connectivity index (χ4n) is 6.15. The molecule has 216 valence electrons. The summed E-state index contributed by atoms with van der Waals surface area (Å²) in [6.45, 7) is 10.5. The van der Waals surface area contributed by atoms with E-state index in [0.717, 1.165) is 88.9 Å². The molecule has 0 amide bonds. The lowest BCUT2D eigenvalue weighted by atomic mass is 9.86. The van der Waals surface area contributed by atoms with Gasteiger partial charge in [0.1, 0.15) is 30.0 Å². The molecular weight excluding hydrogens is 578 g/mol. The van der Waals surface area contributed by atoms with Crippen LogP contribution in [0.4, 0.5) is 0 Å². The van der Waals surface area contributed by atoms with E-state index in [9.17, 15) is 0 Å². The van der Waals surface area contributed by atoms with Gasteiger partial charge in [0.2, 0.25) is 0 Å². The first kappa shape index (κ1) is 28.3. The Morgan fingerprint density at radius 1 is 1.00 bits per heavy atom. The topological polar surface area (TPSA) is 40.2 Å². The molecule has 0 spiro atoms. The van der Waals surface area contributed by atoms with Gasteiger partial charge in [0.05, 0.1) is 6.61 Å². The van der Waals surface area contributed by atoms with Crippen LogP contribution in [0.2, 0.25) is 0 Å². The SMILES string of the molecule is CC1=C(c2cccc(Br)c2)C(c2ccc(OCC(C)N3CCC(C)C3)cc2)Oc2ccc(OC3CCCCO3)cc21. The summed E-state index contributed by atoms with van der Waals surface area (Å²) in [5.74, 6) is 3.33. The van der Waals surface area contributed by atoms with Gasteiger partial charge in [-0.25, -0.2) is 0 Å². The summed E-state index contributed by atoms with van der Waals surface area (Å²) in [6, 6.07) is 23.4. The van der Waals surface area contributed by atoms with Gasteiger partial charge in [0, 0.05) is 34.6 Å². The van der Waals surface area contributed by atoms with Crippen LogP contribution < -0.4 is 14.2 Å². The molecule has 3 aromatic rings. The highest BCUT2D eigenvalue weighted by atomic mass is 79.9. The molecule has 4 unspecified atom stereocenters. The summed E-state index contributed by atoms with van der Waals surface area (Å²) in [6.07, 6.45) is 4.00. The fraction of sp³-hybridized carbons (Fsp3) is 0.429. The molecule has 0 aromatic heterocycles. The molecule has 0 N–H and O–H groups in total. The van der Waals surface area contributed by atoms with E-state index in [2.05, 4.69) is 96.2 Å². The van der Waals surface area contributed by atoms with E-state index < -0.39 is 0 Å². The van der Waals surface area contributed by atoms with Gasteiger partial charge in [0.25, 0.3) is 0 Å². The first-order valence-corrected chi connectivity index (χ1v) is 15.8. The van der Waals surface area contributed by atoms with Crippen molar-refractivity contribution in [2.75, 3.05) is 26.3 Å². The van der Waals surface area contributed by atoms with Gasteiger partial charge in [-0.15, -0.1) is 0 Å². The van der Waals surface area contributed by atoms with Gasteiger partial charge in [-0.3, -0.25) is 4.90 Å². The number of hydrogen-bond acceptors (Lipinski definition) is 5. The van der Waals surface area contributed by atoms with Crippen LogP contribution in [-0.2, 0) is 4.74 Å². The molecule has 41 heavy (non-hydrogen) atoms. The van der Waals surface area contributed by atoms with E-state index in [1.807, 2.05) is 12.1 Å². The number of fused-ring (bicyclic) bond motifs is 1. The maximum absolute atomic E-state index is 6.75. The molecule has 6 rings (SSSR count). The molecule has 0 radical (unpaired) electrons. The minimum absolute atomic E-state index is 0.185. The van der Waals surface area contributed by atoms with Crippen LogP contribution in [0.5, 0.6) is 17.2 Å². The molecule has 4 atom stereocenters. The van der Waals surface area contributed by atoms with Crippen molar-refractivity contribution in [3.05, 3.63) is 87.9 Å². The smallest absolute Gasteiger partial charge is 0.199 e. The van der Waals surface area contributed by atoms with E-state index in [-0.39, 0.29) is 12.4 Å². The van der Waals surface area contributed by atoms with Crippen molar-refractivity contribution in [1.82, 2.24) is 4.90 Å². The molecule has 2 saturated heterocycles. The highest BCUT2D eigenvalue weighted by Crippen LogP contribution is 2.48. The summed E-state index contributed by atoms with van der Waals surface area (Å²) in [5, 5.41) is 0.